The van der Waals surface area contributed by atoms with E-state index in [-0.39, 0.29) is 18.8 Å². The van der Waals surface area contributed by atoms with Crippen LogP contribution in [0.5, 0.6) is 5.75 Å². The van der Waals surface area contributed by atoms with Crippen LogP contribution >= 0.6 is 0 Å². The second kappa shape index (κ2) is 10.4. The molecule has 2 amide bonds. The monoisotopic (exact) mass is 507 g/mol. The number of hydrazine groups is 1. The summed E-state index contributed by atoms with van der Waals surface area (Å²) in [6.07, 6.45) is -7.87. The highest BCUT2D eigenvalue weighted by Crippen LogP contribution is 2.35. The van der Waals surface area contributed by atoms with Gasteiger partial charge in [-0.1, -0.05) is 0 Å². The van der Waals surface area contributed by atoms with Gasteiger partial charge in [0.15, 0.2) is 29.7 Å². The molecule has 1 saturated heterocycles. The van der Waals surface area contributed by atoms with Crippen LogP contribution in [0.15, 0.2) is 30.3 Å². The Hall–Kier alpha value is -3.52. The van der Waals surface area contributed by atoms with Gasteiger partial charge in [0, 0.05) is 11.3 Å². The Morgan fingerprint density at radius 2 is 1.83 bits per heavy atom. The van der Waals surface area contributed by atoms with E-state index in [0.717, 1.165) is 31.4 Å². The van der Waals surface area contributed by atoms with E-state index in [2.05, 4.69) is 15.5 Å². The summed E-state index contributed by atoms with van der Waals surface area (Å²) in [6, 6.07) is 2.81. The first kappa shape index (κ1) is 26.1. The molecule has 14 heteroatoms. The minimum absolute atomic E-state index is 0.0262. The van der Waals surface area contributed by atoms with Gasteiger partial charge in [0.25, 0.3) is 0 Å². The maximum Gasteiger partial charge on any atom is 0.416 e. The zero-order chi connectivity index (χ0) is 25.9. The number of hydrogen-bond acceptors (Lipinski definition) is 6. The predicted octanol–water partition coefficient (Wildman–Crippen LogP) is 4.13. The molecule has 1 heterocycles. The number of benzene rings is 2. The summed E-state index contributed by atoms with van der Waals surface area (Å²) in [6.45, 7) is 1.14. The van der Waals surface area contributed by atoms with E-state index < -0.39 is 64.8 Å². The number of halogens is 6. The zero-order valence-electron chi connectivity index (χ0n) is 18.2. The van der Waals surface area contributed by atoms with E-state index >= 15 is 0 Å². The van der Waals surface area contributed by atoms with Crippen LogP contribution in [0.3, 0.4) is 0 Å². The van der Waals surface area contributed by atoms with Gasteiger partial charge in [-0.25, -0.2) is 28.8 Å². The molecule has 35 heavy (non-hydrogen) atoms. The summed E-state index contributed by atoms with van der Waals surface area (Å²) in [5.74, 6) is -6.54. The van der Waals surface area contributed by atoms with Gasteiger partial charge in [0.2, 0.25) is 5.82 Å². The number of anilines is 1. The average Bonchev–Trinajstić information content (AvgIpc) is 2.81. The van der Waals surface area contributed by atoms with Gasteiger partial charge in [-0.15, -0.1) is 0 Å². The molecule has 0 aromatic heterocycles. The van der Waals surface area contributed by atoms with Gasteiger partial charge in [-0.3, -0.25) is 0 Å². The quantitative estimate of drug-likeness (QED) is 0.360. The Bertz CT molecular complexity index is 1100. The van der Waals surface area contributed by atoms with E-state index in [9.17, 15) is 35.9 Å². The van der Waals surface area contributed by atoms with Gasteiger partial charge in [0.1, 0.15) is 0 Å². The maximum atomic E-state index is 14.8. The van der Waals surface area contributed by atoms with Crippen molar-refractivity contribution < 1.29 is 50.1 Å². The normalized spacial score (nSPS) is 18.2. The molecule has 0 saturated carbocycles. The molecule has 1 aliphatic heterocycles. The highest BCUT2D eigenvalue weighted by molar-refractivity contribution is 5.89. The van der Waals surface area contributed by atoms with Crippen molar-refractivity contribution in [2.45, 2.75) is 25.4 Å². The highest BCUT2D eigenvalue weighted by Gasteiger charge is 2.40. The molecule has 3 rings (SSSR count). The number of carbonyl (C=O) groups excluding carboxylic acids is 2. The second-order valence-electron chi connectivity index (χ2n) is 7.08. The van der Waals surface area contributed by atoms with Crippen molar-refractivity contribution in [3.63, 3.8) is 0 Å². The molecule has 1 fully saturated rings. The van der Waals surface area contributed by atoms with Gasteiger partial charge >= 0.3 is 18.2 Å². The third kappa shape index (κ3) is 5.59. The summed E-state index contributed by atoms with van der Waals surface area (Å²) in [7, 11) is 0.917. The van der Waals surface area contributed by atoms with Gasteiger partial charge in [-0.2, -0.15) is 17.6 Å². The smallest absolute Gasteiger partial charge is 0.416 e. The fourth-order valence-corrected chi connectivity index (χ4v) is 3.18. The number of amides is 2. The SMILES string of the molecule is CCOC(=O)C1CNN(C(=O)Nc2ccc(C(F)(F)F)cc2)C(c2cc(F)c(OC)c(F)c2F)O1. The molecule has 0 bridgehead atoms. The molecular formula is C21H19F6N3O5. The van der Waals surface area contributed by atoms with E-state index in [1.807, 2.05) is 0 Å². The molecule has 0 radical (unpaired) electrons. The number of carbonyl (C=O) groups is 2. The molecule has 2 aromatic rings. The topological polar surface area (TPSA) is 89.1 Å². The Morgan fingerprint density at radius 3 is 2.40 bits per heavy atom. The Balaban J connectivity index is 1.93. The van der Waals surface area contributed by atoms with Crippen LogP contribution in [-0.2, 0) is 20.4 Å². The Morgan fingerprint density at radius 1 is 1.17 bits per heavy atom. The number of nitrogens with one attached hydrogen (secondary N) is 2. The lowest BCUT2D eigenvalue weighted by Crippen LogP contribution is -2.58. The summed E-state index contributed by atoms with van der Waals surface area (Å²) in [5, 5.41) is 2.85. The van der Waals surface area contributed by atoms with Crippen molar-refractivity contribution in [1.82, 2.24) is 10.4 Å². The third-order valence-electron chi connectivity index (χ3n) is 4.82. The van der Waals surface area contributed by atoms with Crippen molar-refractivity contribution in [3.8, 4) is 5.75 Å². The fraction of sp³-hybridized carbons (Fsp3) is 0.333. The lowest BCUT2D eigenvalue weighted by molar-refractivity contribution is -0.184. The Labute approximate surface area is 194 Å². The fourth-order valence-electron chi connectivity index (χ4n) is 3.18. The average molecular weight is 507 g/mol. The molecule has 2 atom stereocenters. The molecule has 1 aliphatic rings. The number of rotatable bonds is 5. The third-order valence-corrected chi connectivity index (χ3v) is 4.82. The minimum atomic E-state index is -4.60. The number of nitrogens with zero attached hydrogens (tertiary/aromatic N) is 1. The summed E-state index contributed by atoms with van der Waals surface area (Å²) in [5.41, 5.74) is 0.637. The number of esters is 1. The minimum Gasteiger partial charge on any atom is -0.491 e. The maximum absolute atomic E-state index is 14.8. The van der Waals surface area contributed by atoms with Crippen LogP contribution in [0.25, 0.3) is 0 Å². The zero-order valence-corrected chi connectivity index (χ0v) is 18.2. The van der Waals surface area contributed by atoms with Crippen LogP contribution in [-0.4, -0.2) is 43.4 Å². The molecule has 2 aromatic carbocycles. The van der Waals surface area contributed by atoms with Crippen molar-refractivity contribution in [2.75, 3.05) is 25.6 Å². The van der Waals surface area contributed by atoms with Crippen LogP contribution in [0, 0.1) is 17.5 Å². The largest absolute Gasteiger partial charge is 0.491 e. The number of ether oxygens (including phenoxy) is 3. The van der Waals surface area contributed by atoms with Crippen LogP contribution in [0.2, 0.25) is 0 Å². The summed E-state index contributed by atoms with van der Waals surface area (Å²) >= 11 is 0. The van der Waals surface area contributed by atoms with Crippen LogP contribution in [0.4, 0.5) is 36.8 Å². The van der Waals surface area contributed by atoms with Crippen molar-refractivity contribution in [1.29, 1.82) is 0 Å². The molecular weight excluding hydrogens is 488 g/mol. The van der Waals surface area contributed by atoms with Crippen LogP contribution < -0.4 is 15.5 Å². The number of methoxy groups -OCH3 is 1. The van der Waals surface area contributed by atoms with Crippen molar-refractivity contribution in [2.24, 2.45) is 0 Å². The van der Waals surface area contributed by atoms with E-state index in [0.29, 0.717) is 11.1 Å². The van der Waals surface area contributed by atoms with E-state index in [1.54, 1.807) is 0 Å². The molecule has 8 nitrogen and oxygen atoms in total. The lowest BCUT2D eigenvalue weighted by atomic mass is 10.1. The highest BCUT2D eigenvalue weighted by atomic mass is 19.4. The van der Waals surface area contributed by atoms with Crippen molar-refractivity contribution >= 4 is 17.7 Å². The standard InChI is InChI=1S/C21H19F6N3O5/c1-3-34-19(31)14-9-28-30(20(32)29-11-6-4-10(5-7-11)21(25,26)27)18(35-14)12-8-13(22)17(33-2)16(24)15(12)23/h4-8,14,18,28H,3,9H2,1-2H3,(H,29,32). The van der Waals surface area contributed by atoms with E-state index in [4.69, 9.17) is 9.47 Å². The number of hydrogen-bond donors (Lipinski definition) is 2. The van der Waals surface area contributed by atoms with Gasteiger partial charge in [0.05, 0.1) is 25.8 Å². The second-order valence-corrected chi connectivity index (χ2v) is 7.08. The molecule has 0 aliphatic carbocycles. The molecule has 190 valence electrons. The summed E-state index contributed by atoms with van der Waals surface area (Å²) < 4.78 is 96.5. The predicted molar refractivity (Wildman–Crippen MR) is 107 cm³/mol. The molecule has 2 unspecified atom stereocenters. The number of alkyl halides is 3. The Kier molecular flexibility index (Phi) is 7.75. The van der Waals surface area contributed by atoms with Gasteiger partial charge < -0.3 is 19.5 Å². The summed E-state index contributed by atoms with van der Waals surface area (Å²) in [4.78, 5) is 25.0. The first-order valence-corrected chi connectivity index (χ1v) is 10.0. The number of urea groups is 1. The first-order chi connectivity index (χ1) is 16.5. The molecule has 2 N–H and O–H groups in total. The molecule has 0 spiro atoms. The van der Waals surface area contributed by atoms with Crippen molar-refractivity contribution in [3.05, 3.63) is 58.9 Å². The van der Waals surface area contributed by atoms with E-state index in [1.165, 1.54) is 6.92 Å². The van der Waals surface area contributed by atoms with Crippen LogP contribution in [0.1, 0.15) is 24.3 Å². The first-order valence-electron chi connectivity index (χ1n) is 10.0. The lowest BCUT2D eigenvalue weighted by Gasteiger charge is -2.39. The van der Waals surface area contributed by atoms with Gasteiger partial charge in [-0.05, 0) is 37.3 Å².